The van der Waals surface area contributed by atoms with Crippen LogP contribution in [0.5, 0.6) is 0 Å². The van der Waals surface area contributed by atoms with Crippen molar-refractivity contribution < 1.29 is 14.3 Å². The first-order valence-corrected chi connectivity index (χ1v) is 9.60. The van der Waals surface area contributed by atoms with Gasteiger partial charge in [0.15, 0.2) is 5.78 Å². The summed E-state index contributed by atoms with van der Waals surface area (Å²) < 4.78 is 7.18. The van der Waals surface area contributed by atoms with Crippen LogP contribution in [0.1, 0.15) is 18.4 Å². The number of rotatable bonds is 5. The molecule has 2 saturated heterocycles. The first kappa shape index (κ1) is 16.8. The summed E-state index contributed by atoms with van der Waals surface area (Å²) in [6, 6.07) is 9.41. The first-order valence-electron chi connectivity index (χ1n) is 7.78. The fourth-order valence-corrected chi connectivity index (χ4v) is 4.64. The molecule has 2 aliphatic heterocycles. The maximum absolute atomic E-state index is 12.5. The standard InChI is InChI=1S/C16H20N2O3S2/c19-14(15-17-8-10-22-15)13-7-4-9-18(13)23-16(20)21-11-12-5-2-1-3-6-12/h1-3,5-6,13,15,17H,4,7-11H2/t13-,15?/m0/s1. The molecule has 0 bridgehead atoms. The molecule has 1 unspecified atom stereocenters. The van der Waals surface area contributed by atoms with Crippen molar-refractivity contribution in [1.29, 1.82) is 0 Å². The third-order valence-electron chi connectivity index (χ3n) is 3.90. The van der Waals surface area contributed by atoms with Gasteiger partial charge in [0.2, 0.25) is 0 Å². The highest BCUT2D eigenvalue weighted by Crippen LogP contribution is 2.30. The van der Waals surface area contributed by atoms with Crippen LogP contribution in [0, 0.1) is 0 Å². The molecule has 2 heterocycles. The zero-order valence-corrected chi connectivity index (χ0v) is 14.4. The van der Waals surface area contributed by atoms with Gasteiger partial charge in [0.05, 0.1) is 6.04 Å². The van der Waals surface area contributed by atoms with Gasteiger partial charge in [-0.05, 0) is 18.4 Å². The number of hydrogen-bond acceptors (Lipinski definition) is 7. The van der Waals surface area contributed by atoms with E-state index < -0.39 is 0 Å². The summed E-state index contributed by atoms with van der Waals surface area (Å²) in [6.45, 7) is 1.89. The highest BCUT2D eigenvalue weighted by molar-refractivity contribution is 8.11. The van der Waals surface area contributed by atoms with Gasteiger partial charge in [-0.15, -0.1) is 11.8 Å². The normalized spacial score (nSPS) is 24.7. The third-order valence-corrected chi connectivity index (χ3v) is 6.01. The molecule has 2 fully saturated rings. The Hall–Kier alpha value is -1.02. The molecule has 1 aromatic carbocycles. The lowest BCUT2D eigenvalue weighted by Crippen LogP contribution is -2.42. The minimum atomic E-state index is -0.347. The first-order chi connectivity index (χ1) is 11.2. The number of nitrogens with zero attached hydrogens (tertiary/aromatic N) is 1. The van der Waals surface area contributed by atoms with Gasteiger partial charge in [-0.2, -0.15) is 0 Å². The second-order valence-electron chi connectivity index (χ2n) is 5.52. The minimum absolute atomic E-state index is 0.124. The Bertz CT molecular complexity index is 550. The van der Waals surface area contributed by atoms with Gasteiger partial charge in [0, 0.05) is 30.8 Å². The summed E-state index contributed by atoms with van der Waals surface area (Å²) in [5.74, 6) is 1.16. The Kier molecular flexibility index (Phi) is 5.99. The maximum atomic E-state index is 12.5. The number of Topliss-reactive ketones (excluding diaryl/α,β-unsaturated/α-hetero) is 1. The zero-order chi connectivity index (χ0) is 16.1. The van der Waals surface area contributed by atoms with E-state index in [2.05, 4.69) is 5.32 Å². The monoisotopic (exact) mass is 352 g/mol. The second-order valence-corrected chi connectivity index (χ2v) is 7.72. The SMILES string of the molecule is O=C(OCc1ccccc1)SN1CCC[C@H]1C(=O)C1NCCS1. The van der Waals surface area contributed by atoms with Crippen LogP contribution in [0.15, 0.2) is 30.3 Å². The Morgan fingerprint density at radius 2 is 2.17 bits per heavy atom. The molecule has 0 amide bonds. The predicted molar refractivity (Wildman–Crippen MR) is 93.2 cm³/mol. The molecular formula is C16H20N2O3S2. The van der Waals surface area contributed by atoms with Gasteiger partial charge < -0.3 is 4.74 Å². The number of thioether (sulfide) groups is 1. The molecule has 2 atom stereocenters. The van der Waals surface area contributed by atoms with Crippen molar-refractivity contribution in [2.45, 2.75) is 30.9 Å². The van der Waals surface area contributed by atoms with Crippen molar-refractivity contribution in [3.05, 3.63) is 35.9 Å². The lowest BCUT2D eigenvalue weighted by molar-refractivity contribution is -0.121. The Morgan fingerprint density at radius 3 is 2.91 bits per heavy atom. The van der Waals surface area contributed by atoms with E-state index in [0.29, 0.717) is 0 Å². The van der Waals surface area contributed by atoms with Gasteiger partial charge in [-0.1, -0.05) is 30.3 Å². The van der Waals surface area contributed by atoms with Gasteiger partial charge in [-0.3, -0.25) is 10.1 Å². The molecule has 124 valence electrons. The van der Waals surface area contributed by atoms with Crippen LogP contribution in [0.2, 0.25) is 0 Å². The van der Waals surface area contributed by atoms with E-state index >= 15 is 0 Å². The van der Waals surface area contributed by atoms with Crippen molar-refractivity contribution in [3.63, 3.8) is 0 Å². The van der Waals surface area contributed by atoms with Crippen LogP contribution >= 0.6 is 23.7 Å². The van der Waals surface area contributed by atoms with Crippen molar-refractivity contribution in [2.24, 2.45) is 0 Å². The van der Waals surface area contributed by atoms with E-state index in [0.717, 1.165) is 49.2 Å². The smallest absolute Gasteiger partial charge is 0.383 e. The average Bonchev–Trinajstić information content (AvgIpc) is 3.25. The molecule has 0 aliphatic carbocycles. The van der Waals surface area contributed by atoms with E-state index in [-0.39, 0.29) is 29.1 Å². The number of hydrogen-bond donors (Lipinski definition) is 1. The fourth-order valence-electron chi connectivity index (χ4n) is 2.76. The quantitative estimate of drug-likeness (QED) is 0.646. The maximum Gasteiger partial charge on any atom is 0.383 e. The van der Waals surface area contributed by atoms with E-state index in [1.807, 2.05) is 34.6 Å². The number of nitrogens with one attached hydrogen (secondary N) is 1. The summed E-state index contributed by atoms with van der Waals surface area (Å²) in [7, 11) is 0. The Balaban J connectivity index is 1.49. The van der Waals surface area contributed by atoms with Crippen molar-refractivity contribution >= 4 is 34.8 Å². The molecule has 0 saturated carbocycles. The number of ketones is 1. The van der Waals surface area contributed by atoms with Crippen LogP contribution in [-0.2, 0) is 16.1 Å². The predicted octanol–water partition coefficient (Wildman–Crippen LogP) is 2.67. The molecule has 3 rings (SSSR count). The van der Waals surface area contributed by atoms with E-state index in [4.69, 9.17) is 4.74 Å². The minimum Gasteiger partial charge on any atom is -0.452 e. The summed E-state index contributed by atoms with van der Waals surface area (Å²) in [6.07, 6.45) is 1.75. The van der Waals surface area contributed by atoms with Gasteiger partial charge in [0.1, 0.15) is 12.0 Å². The molecular weight excluding hydrogens is 332 g/mol. The number of carbonyl (C=O) groups is 2. The topological polar surface area (TPSA) is 58.6 Å². The van der Waals surface area contributed by atoms with Crippen molar-refractivity contribution in [1.82, 2.24) is 9.62 Å². The average molecular weight is 352 g/mol. The van der Waals surface area contributed by atoms with Gasteiger partial charge >= 0.3 is 5.30 Å². The second kappa shape index (κ2) is 8.19. The molecule has 5 nitrogen and oxygen atoms in total. The third kappa shape index (κ3) is 4.50. The number of carbonyl (C=O) groups excluding carboxylic acids is 2. The van der Waals surface area contributed by atoms with Gasteiger partial charge in [-0.25, -0.2) is 9.10 Å². The lowest BCUT2D eigenvalue weighted by Gasteiger charge is -2.23. The lowest BCUT2D eigenvalue weighted by atomic mass is 10.1. The molecule has 0 aromatic heterocycles. The summed E-state index contributed by atoms with van der Waals surface area (Å²) in [4.78, 5) is 24.6. The summed E-state index contributed by atoms with van der Waals surface area (Å²) in [5, 5.41) is 2.74. The highest BCUT2D eigenvalue weighted by Gasteiger charge is 2.37. The van der Waals surface area contributed by atoms with Gasteiger partial charge in [0.25, 0.3) is 0 Å². The molecule has 1 N–H and O–H groups in total. The zero-order valence-electron chi connectivity index (χ0n) is 12.8. The highest BCUT2D eigenvalue weighted by atomic mass is 32.2. The van der Waals surface area contributed by atoms with Crippen molar-refractivity contribution in [2.75, 3.05) is 18.8 Å². The Morgan fingerprint density at radius 1 is 1.35 bits per heavy atom. The number of benzene rings is 1. The summed E-state index contributed by atoms with van der Waals surface area (Å²) >= 11 is 2.69. The van der Waals surface area contributed by atoms with Crippen LogP contribution in [0.3, 0.4) is 0 Å². The molecule has 1 aromatic rings. The van der Waals surface area contributed by atoms with Crippen LogP contribution in [-0.4, -0.2) is 45.6 Å². The molecule has 23 heavy (non-hydrogen) atoms. The van der Waals surface area contributed by atoms with Crippen molar-refractivity contribution in [3.8, 4) is 0 Å². The molecule has 0 spiro atoms. The molecule has 2 aliphatic rings. The van der Waals surface area contributed by atoms with E-state index in [9.17, 15) is 9.59 Å². The number of ether oxygens (including phenoxy) is 1. The fraction of sp³-hybridized carbons (Fsp3) is 0.500. The Labute approximate surface area is 144 Å². The van der Waals surface area contributed by atoms with Crippen LogP contribution in [0.4, 0.5) is 4.79 Å². The molecule has 0 radical (unpaired) electrons. The van der Waals surface area contributed by atoms with E-state index in [1.165, 1.54) is 0 Å². The van der Waals surface area contributed by atoms with E-state index in [1.54, 1.807) is 11.8 Å². The van der Waals surface area contributed by atoms with Crippen LogP contribution < -0.4 is 5.32 Å². The molecule has 7 heteroatoms. The summed E-state index contributed by atoms with van der Waals surface area (Å²) in [5.41, 5.74) is 0.960. The largest absolute Gasteiger partial charge is 0.452 e. The van der Waals surface area contributed by atoms with Crippen LogP contribution in [0.25, 0.3) is 0 Å².